The Morgan fingerprint density at radius 1 is 1.00 bits per heavy atom. The Balaban J connectivity index is 2.16. The van der Waals surface area contributed by atoms with Crippen LogP contribution >= 0.6 is 0 Å². The van der Waals surface area contributed by atoms with Crippen LogP contribution in [-0.4, -0.2) is 34.7 Å². The molecule has 27 heavy (non-hydrogen) atoms. The predicted octanol–water partition coefficient (Wildman–Crippen LogP) is 4.01. The first kappa shape index (κ1) is 20.7. The van der Waals surface area contributed by atoms with Crippen molar-refractivity contribution in [3.05, 3.63) is 59.5 Å². The van der Waals surface area contributed by atoms with Crippen LogP contribution in [0.1, 0.15) is 44.3 Å². The summed E-state index contributed by atoms with van der Waals surface area (Å²) in [5.41, 5.74) is 1.05. The number of furan rings is 1. The molecule has 2 aromatic rings. The highest BCUT2D eigenvalue weighted by molar-refractivity contribution is 5.85. The molecular weight excluding hydrogens is 340 g/mol. The van der Waals surface area contributed by atoms with Crippen LogP contribution in [0.4, 0.5) is 0 Å². The summed E-state index contributed by atoms with van der Waals surface area (Å²) in [4.78, 5) is 28.9. The average molecular weight is 370 g/mol. The molecule has 0 atom stereocenters. The standard InChI is InChI=1S/C22H30N2O3/c1-5-13-23(22(26)17(2)3)16-21(25)24(14-19-9-7-6-8-10-19)15-20-12-11-18(4)27-20/h6-12,17H,5,13-16H2,1-4H3. The van der Waals surface area contributed by atoms with Crippen LogP contribution in [0, 0.1) is 12.8 Å². The smallest absolute Gasteiger partial charge is 0.242 e. The van der Waals surface area contributed by atoms with Crippen LogP contribution in [0.25, 0.3) is 0 Å². The number of nitrogens with zero attached hydrogens (tertiary/aromatic N) is 2. The molecule has 0 unspecified atom stereocenters. The maximum Gasteiger partial charge on any atom is 0.242 e. The zero-order valence-electron chi connectivity index (χ0n) is 16.8. The molecule has 146 valence electrons. The maximum absolute atomic E-state index is 13.1. The predicted molar refractivity (Wildman–Crippen MR) is 106 cm³/mol. The van der Waals surface area contributed by atoms with Crippen LogP contribution in [0.3, 0.4) is 0 Å². The monoisotopic (exact) mass is 370 g/mol. The summed E-state index contributed by atoms with van der Waals surface area (Å²) in [5.74, 6) is 1.38. The highest BCUT2D eigenvalue weighted by Gasteiger charge is 2.23. The van der Waals surface area contributed by atoms with Crippen LogP contribution in [-0.2, 0) is 22.7 Å². The van der Waals surface area contributed by atoms with E-state index >= 15 is 0 Å². The fraction of sp³-hybridized carbons (Fsp3) is 0.455. The second kappa shape index (κ2) is 9.95. The highest BCUT2D eigenvalue weighted by Crippen LogP contribution is 2.14. The first-order chi connectivity index (χ1) is 12.9. The number of amides is 2. The molecule has 0 radical (unpaired) electrons. The molecule has 0 spiro atoms. The van der Waals surface area contributed by atoms with Crippen molar-refractivity contribution in [3.63, 3.8) is 0 Å². The molecule has 0 aliphatic heterocycles. The van der Waals surface area contributed by atoms with E-state index in [1.165, 1.54) is 0 Å². The molecule has 0 saturated heterocycles. The zero-order valence-corrected chi connectivity index (χ0v) is 16.8. The van der Waals surface area contributed by atoms with Crippen LogP contribution < -0.4 is 0 Å². The van der Waals surface area contributed by atoms with Crippen LogP contribution in [0.2, 0.25) is 0 Å². The van der Waals surface area contributed by atoms with E-state index < -0.39 is 0 Å². The van der Waals surface area contributed by atoms with Crippen molar-refractivity contribution < 1.29 is 14.0 Å². The number of carbonyl (C=O) groups is 2. The van der Waals surface area contributed by atoms with Crippen molar-refractivity contribution in [2.45, 2.75) is 47.2 Å². The Morgan fingerprint density at radius 3 is 2.26 bits per heavy atom. The van der Waals surface area contributed by atoms with Gasteiger partial charge in [0.25, 0.3) is 0 Å². The molecule has 5 nitrogen and oxygen atoms in total. The highest BCUT2D eigenvalue weighted by atomic mass is 16.3. The lowest BCUT2D eigenvalue weighted by molar-refractivity contribution is -0.143. The maximum atomic E-state index is 13.1. The minimum Gasteiger partial charge on any atom is -0.464 e. The molecule has 0 aliphatic carbocycles. The normalized spacial score (nSPS) is 10.9. The van der Waals surface area contributed by atoms with Gasteiger partial charge in [-0.05, 0) is 31.0 Å². The lowest BCUT2D eigenvalue weighted by Gasteiger charge is -2.28. The van der Waals surface area contributed by atoms with E-state index in [0.717, 1.165) is 23.5 Å². The Kier molecular flexibility index (Phi) is 7.65. The molecule has 2 rings (SSSR count). The van der Waals surface area contributed by atoms with Crippen molar-refractivity contribution in [2.24, 2.45) is 5.92 Å². The van der Waals surface area contributed by atoms with E-state index in [1.54, 1.807) is 9.80 Å². The third kappa shape index (κ3) is 6.27. The SMILES string of the molecule is CCCN(CC(=O)N(Cc1ccccc1)Cc1ccc(C)o1)C(=O)C(C)C. The Labute approximate surface area is 162 Å². The van der Waals surface area contributed by atoms with Gasteiger partial charge in [-0.1, -0.05) is 51.1 Å². The summed E-state index contributed by atoms with van der Waals surface area (Å²) in [6.07, 6.45) is 0.821. The molecule has 1 aromatic heterocycles. The minimum absolute atomic E-state index is 0.0127. The number of carbonyl (C=O) groups excluding carboxylic acids is 2. The molecule has 1 aromatic carbocycles. The van der Waals surface area contributed by atoms with Gasteiger partial charge in [-0.25, -0.2) is 0 Å². The third-order valence-electron chi connectivity index (χ3n) is 4.34. The van der Waals surface area contributed by atoms with Gasteiger partial charge in [0.1, 0.15) is 11.5 Å². The summed E-state index contributed by atoms with van der Waals surface area (Å²) in [6.45, 7) is 9.17. The van der Waals surface area contributed by atoms with Gasteiger partial charge in [0.15, 0.2) is 0 Å². The minimum atomic E-state index is -0.125. The van der Waals surface area contributed by atoms with Gasteiger partial charge in [-0.2, -0.15) is 0 Å². The Hall–Kier alpha value is -2.56. The largest absolute Gasteiger partial charge is 0.464 e. The number of hydrogen-bond acceptors (Lipinski definition) is 3. The summed E-state index contributed by atoms with van der Waals surface area (Å²) in [6, 6.07) is 13.7. The van der Waals surface area contributed by atoms with Crippen molar-refractivity contribution in [1.82, 2.24) is 9.80 Å². The van der Waals surface area contributed by atoms with E-state index in [0.29, 0.717) is 19.6 Å². The fourth-order valence-electron chi connectivity index (χ4n) is 2.96. The van der Waals surface area contributed by atoms with Gasteiger partial charge in [-0.3, -0.25) is 9.59 Å². The third-order valence-corrected chi connectivity index (χ3v) is 4.34. The lowest BCUT2D eigenvalue weighted by atomic mass is 10.1. The molecule has 5 heteroatoms. The van der Waals surface area contributed by atoms with E-state index in [1.807, 2.05) is 70.2 Å². The molecule has 2 amide bonds. The lowest BCUT2D eigenvalue weighted by Crippen LogP contribution is -2.44. The van der Waals surface area contributed by atoms with Crippen molar-refractivity contribution >= 4 is 11.8 Å². The summed E-state index contributed by atoms with van der Waals surface area (Å²) in [7, 11) is 0. The zero-order chi connectivity index (χ0) is 19.8. The van der Waals surface area contributed by atoms with Crippen LogP contribution in [0.15, 0.2) is 46.9 Å². The van der Waals surface area contributed by atoms with E-state index in [2.05, 4.69) is 0 Å². The summed E-state index contributed by atoms with van der Waals surface area (Å²) >= 11 is 0. The van der Waals surface area contributed by atoms with Crippen LogP contribution in [0.5, 0.6) is 0 Å². The van der Waals surface area contributed by atoms with Gasteiger partial charge in [-0.15, -0.1) is 0 Å². The summed E-state index contributed by atoms with van der Waals surface area (Å²) < 4.78 is 5.67. The molecule has 0 fully saturated rings. The Bertz CT molecular complexity index is 737. The van der Waals surface area contributed by atoms with E-state index in [9.17, 15) is 9.59 Å². The molecular formula is C22H30N2O3. The van der Waals surface area contributed by atoms with E-state index in [-0.39, 0.29) is 24.3 Å². The van der Waals surface area contributed by atoms with Crippen molar-refractivity contribution in [1.29, 1.82) is 0 Å². The molecule has 0 N–H and O–H groups in total. The average Bonchev–Trinajstić information content (AvgIpc) is 3.05. The summed E-state index contributed by atoms with van der Waals surface area (Å²) in [5, 5.41) is 0. The number of benzene rings is 1. The van der Waals surface area contributed by atoms with Gasteiger partial charge in [0.2, 0.25) is 11.8 Å². The quantitative estimate of drug-likeness (QED) is 0.670. The molecule has 0 bridgehead atoms. The van der Waals surface area contributed by atoms with Crippen molar-refractivity contribution in [2.75, 3.05) is 13.1 Å². The number of hydrogen-bond donors (Lipinski definition) is 0. The topological polar surface area (TPSA) is 53.8 Å². The first-order valence-corrected chi connectivity index (χ1v) is 9.56. The molecule has 1 heterocycles. The van der Waals surface area contributed by atoms with Gasteiger partial charge >= 0.3 is 0 Å². The second-order valence-corrected chi connectivity index (χ2v) is 7.16. The molecule has 0 saturated carbocycles. The number of aryl methyl sites for hydroxylation is 1. The fourth-order valence-corrected chi connectivity index (χ4v) is 2.96. The van der Waals surface area contributed by atoms with E-state index in [4.69, 9.17) is 4.42 Å². The van der Waals surface area contributed by atoms with Crippen molar-refractivity contribution in [3.8, 4) is 0 Å². The second-order valence-electron chi connectivity index (χ2n) is 7.16. The first-order valence-electron chi connectivity index (χ1n) is 9.56. The van der Waals surface area contributed by atoms with Gasteiger partial charge in [0, 0.05) is 19.0 Å². The van der Waals surface area contributed by atoms with Gasteiger partial charge < -0.3 is 14.2 Å². The Morgan fingerprint density at radius 2 is 1.70 bits per heavy atom. The number of rotatable bonds is 9. The molecule has 0 aliphatic rings. The van der Waals surface area contributed by atoms with Gasteiger partial charge in [0.05, 0.1) is 13.1 Å².